The summed E-state index contributed by atoms with van der Waals surface area (Å²) in [6.45, 7) is 3.00. The average Bonchev–Trinajstić information content (AvgIpc) is 2.75. The lowest BCUT2D eigenvalue weighted by molar-refractivity contribution is 0.238. The molecule has 1 aromatic carbocycles. The van der Waals surface area contributed by atoms with Gasteiger partial charge in [-0.1, -0.05) is 18.2 Å². The molecule has 5 heteroatoms. The molecule has 0 bridgehead atoms. The number of rotatable bonds is 5. The third-order valence-electron chi connectivity index (χ3n) is 3.77. The summed E-state index contributed by atoms with van der Waals surface area (Å²) in [5.74, 6) is -0.182. The summed E-state index contributed by atoms with van der Waals surface area (Å²) in [6, 6.07) is 6.86. The summed E-state index contributed by atoms with van der Waals surface area (Å²) in [4.78, 5) is 2.06. The van der Waals surface area contributed by atoms with Crippen molar-refractivity contribution in [2.24, 2.45) is 12.8 Å². The predicted molar refractivity (Wildman–Crippen MR) is 77.6 cm³/mol. The molecule has 0 fully saturated rings. The van der Waals surface area contributed by atoms with E-state index in [9.17, 15) is 4.39 Å². The second kappa shape index (κ2) is 6.15. The molecule has 4 nitrogen and oxygen atoms in total. The molecule has 0 saturated carbocycles. The Morgan fingerprint density at radius 3 is 2.65 bits per heavy atom. The number of hydrogen-bond acceptors (Lipinski definition) is 3. The van der Waals surface area contributed by atoms with Gasteiger partial charge in [-0.15, -0.1) is 0 Å². The summed E-state index contributed by atoms with van der Waals surface area (Å²) < 4.78 is 15.6. The third kappa shape index (κ3) is 2.89. The fourth-order valence-electron chi connectivity index (χ4n) is 2.39. The Morgan fingerprint density at radius 1 is 1.40 bits per heavy atom. The van der Waals surface area contributed by atoms with Gasteiger partial charge in [0.1, 0.15) is 5.82 Å². The quantitative estimate of drug-likeness (QED) is 0.908. The first-order chi connectivity index (χ1) is 9.54. The first kappa shape index (κ1) is 14.7. The van der Waals surface area contributed by atoms with Gasteiger partial charge in [-0.2, -0.15) is 5.10 Å². The molecule has 0 aliphatic heterocycles. The Hall–Kier alpha value is -1.72. The van der Waals surface area contributed by atoms with Gasteiger partial charge < -0.3 is 5.73 Å². The standard InChI is InChI=1S/C15H21FN4/c1-11-13(9-18-20(11)3)15(8-17)19(2)10-12-6-4-5-7-14(12)16/h4-7,9,15H,8,10,17H2,1-3H3. The molecule has 1 aromatic heterocycles. The highest BCUT2D eigenvalue weighted by Crippen LogP contribution is 2.23. The Bertz CT molecular complexity index is 579. The van der Waals surface area contributed by atoms with E-state index >= 15 is 0 Å². The number of aromatic nitrogens is 2. The van der Waals surface area contributed by atoms with Crippen LogP contribution in [0.4, 0.5) is 4.39 Å². The van der Waals surface area contributed by atoms with Crippen molar-refractivity contribution in [1.82, 2.24) is 14.7 Å². The van der Waals surface area contributed by atoms with E-state index in [1.807, 2.05) is 38.0 Å². The fourth-order valence-corrected chi connectivity index (χ4v) is 2.39. The van der Waals surface area contributed by atoms with Crippen LogP contribution in [0.2, 0.25) is 0 Å². The average molecular weight is 276 g/mol. The predicted octanol–water partition coefficient (Wildman–Crippen LogP) is 2.00. The first-order valence-electron chi connectivity index (χ1n) is 6.66. The zero-order chi connectivity index (χ0) is 14.7. The molecule has 2 rings (SSSR count). The largest absolute Gasteiger partial charge is 0.329 e. The van der Waals surface area contributed by atoms with E-state index in [4.69, 9.17) is 5.73 Å². The monoisotopic (exact) mass is 276 g/mol. The molecule has 0 amide bonds. The summed E-state index contributed by atoms with van der Waals surface area (Å²) in [7, 11) is 3.86. The van der Waals surface area contributed by atoms with Crippen molar-refractivity contribution in [3.63, 3.8) is 0 Å². The van der Waals surface area contributed by atoms with Gasteiger partial charge in [0.2, 0.25) is 0 Å². The zero-order valence-corrected chi connectivity index (χ0v) is 12.2. The topological polar surface area (TPSA) is 47.1 Å². The van der Waals surface area contributed by atoms with Gasteiger partial charge >= 0.3 is 0 Å². The molecule has 108 valence electrons. The minimum absolute atomic E-state index is 0.0308. The van der Waals surface area contributed by atoms with Gasteiger partial charge in [0, 0.05) is 37.0 Å². The van der Waals surface area contributed by atoms with E-state index in [-0.39, 0.29) is 11.9 Å². The van der Waals surface area contributed by atoms with Crippen LogP contribution in [-0.4, -0.2) is 28.3 Å². The normalized spacial score (nSPS) is 12.9. The van der Waals surface area contributed by atoms with Crippen molar-refractivity contribution >= 4 is 0 Å². The van der Waals surface area contributed by atoms with Gasteiger partial charge in [-0.3, -0.25) is 9.58 Å². The maximum absolute atomic E-state index is 13.7. The lowest BCUT2D eigenvalue weighted by Crippen LogP contribution is -2.30. The van der Waals surface area contributed by atoms with Crippen molar-refractivity contribution in [2.75, 3.05) is 13.6 Å². The second-order valence-corrected chi connectivity index (χ2v) is 5.07. The molecule has 0 spiro atoms. The lowest BCUT2D eigenvalue weighted by atomic mass is 10.1. The van der Waals surface area contributed by atoms with E-state index in [0.717, 1.165) is 11.3 Å². The molecular formula is C15H21FN4. The van der Waals surface area contributed by atoms with Crippen molar-refractivity contribution in [2.45, 2.75) is 19.5 Å². The number of halogens is 1. The van der Waals surface area contributed by atoms with Crippen LogP contribution in [0, 0.1) is 12.7 Å². The second-order valence-electron chi connectivity index (χ2n) is 5.07. The maximum Gasteiger partial charge on any atom is 0.127 e. The molecular weight excluding hydrogens is 255 g/mol. The van der Waals surface area contributed by atoms with Crippen LogP contribution in [0.5, 0.6) is 0 Å². The van der Waals surface area contributed by atoms with Crippen LogP contribution in [0.3, 0.4) is 0 Å². The summed E-state index contributed by atoms with van der Waals surface area (Å²) in [6.07, 6.45) is 1.84. The highest BCUT2D eigenvalue weighted by atomic mass is 19.1. The van der Waals surface area contributed by atoms with E-state index in [1.165, 1.54) is 6.07 Å². The smallest absolute Gasteiger partial charge is 0.127 e. The van der Waals surface area contributed by atoms with Crippen molar-refractivity contribution in [3.8, 4) is 0 Å². The van der Waals surface area contributed by atoms with Crippen LogP contribution >= 0.6 is 0 Å². The van der Waals surface area contributed by atoms with Crippen LogP contribution in [-0.2, 0) is 13.6 Å². The highest BCUT2D eigenvalue weighted by Gasteiger charge is 2.20. The molecule has 1 heterocycles. The molecule has 1 atom stereocenters. The first-order valence-corrected chi connectivity index (χ1v) is 6.66. The van der Waals surface area contributed by atoms with Crippen LogP contribution < -0.4 is 5.73 Å². The summed E-state index contributed by atoms with van der Waals surface area (Å²) in [5.41, 5.74) is 8.75. The van der Waals surface area contributed by atoms with Gasteiger partial charge in [0.15, 0.2) is 0 Å². The van der Waals surface area contributed by atoms with Crippen molar-refractivity contribution in [1.29, 1.82) is 0 Å². The zero-order valence-electron chi connectivity index (χ0n) is 12.2. The Morgan fingerprint density at radius 2 is 2.10 bits per heavy atom. The third-order valence-corrected chi connectivity index (χ3v) is 3.77. The number of nitrogens with zero attached hydrogens (tertiary/aromatic N) is 3. The highest BCUT2D eigenvalue weighted by molar-refractivity contribution is 5.22. The van der Waals surface area contributed by atoms with Gasteiger partial charge in [0.05, 0.1) is 12.2 Å². The number of benzene rings is 1. The maximum atomic E-state index is 13.7. The van der Waals surface area contributed by atoms with Crippen LogP contribution in [0.1, 0.15) is 22.9 Å². The van der Waals surface area contributed by atoms with E-state index in [1.54, 1.807) is 12.1 Å². The van der Waals surface area contributed by atoms with E-state index in [2.05, 4.69) is 10.00 Å². The summed E-state index contributed by atoms with van der Waals surface area (Å²) >= 11 is 0. The van der Waals surface area contributed by atoms with Crippen molar-refractivity contribution in [3.05, 3.63) is 53.1 Å². The van der Waals surface area contributed by atoms with Crippen LogP contribution in [0.25, 0.3) is 0 Å². The number of nitrogens with two attached hydrogens (primary N) is 1. The number of hydrogen-bond donors (Lipinski definition) is 1. The Kier molecular flexibility index (Phi) is 4.52. The van der Waals surface area contributed by atoms with E-state index < -0.39 is 0 Å². The number of likely N-dealkylation sites (N-methyl/N-ethyl adjacent to an activating group) is 1. The molecule has 0 saturated heterocycles. The van der Waals surface area contributed by atoms with Crippen molar-refractivity contribution < 1.29 is 4.39 Å². The molecule has 0 aliphatic rings. The molecule has 2 aromatic rings. The molecule has 0 radical (unpaired) electrons. The SMILES string of the molecule is Cc1c(C(CN)N(C)Cc2ccccc2F)cnn1C. The fraction of sp³-hybridized carbons (Fsp3) is 0.400. The van der Waals surface area contributed by atoms with E-state index in [0.29, 0.717) is 18.7 Å². The number of aryl methyl sites for hydroxylation is 1. The molecule has 20 heavy (non-hydrogen) atoms. The van der Waals surface area contributed by atoms with Crippen LogP contribution in [0.15, 0.2) is 30.5 Å². The Balaban J connectivity index is 2.20. The molecule has 0 aliphatic carbocycles. The lowest BCUT2D eigenvalue weighted by Gasteiger charge is -2.27. The van der Waals surface area contributed by atoms with Gasteiger partial charge in [0.25, 0.3) is 0 Å². The summed E-state index contributed by atoms with van der Waals surface area (Å²) in [5, 5.41) is 4.25. The minimum atomic E-state index is -0.182. The van der Waals surface area contributed by atoms with Gasteiger partial charge in [-0.25, -0.2) is 4.39 Å². The molecule has 2 N–H and O–H groups in total. The molecule has 1 unspecified atom stereocenters. The minimum Gasteiger partial charge on any atom is -0.329 e. The Labute approximate surface area is 119 Å². The van der Waals surface area contributed by atoms with Gasteiger partial charge in [-0.05, 0) is 20.0 Å².